The van der Waals surface area contributed by atoms with E-state index in [9.17, 15) is 9.90 Å². The molecule has 34 heavy (non-hydrogen) atoms. The molecule has 0 radical (unpaired) electrons. The molecule has 5 aliphatic carbocycles. The van der Waals surface area contributed by atoms with Crippen molar-refractivity contribution in [3.05, 3.63) is 11.6 Å². The standard InChI is InChI=1S/C31H50O3/c1-26(2)15-17-31(25(33)34-8)18-16-29(6)20(21(31)19-26)9-10-23-28(5)13-12-24(32)27(3,4)22(28)11-14-30(23,29)7/h9,21-24,32H,10-19H2,1-8H3/t21?,22?,23?,24?,28-,29+,30+,31-/m0/s1. The number of fused-ring (bicyclic) bond motifs is 7. The summed E-state index contributed by atoms with van der Waals surface area (Å²) in [6, 6.07) is 0. The van der Waals surface area contributed by atoms with Crippen LogP contribution in [0.25, 0.3) is 0 Å². The summed E-state index contributed by atoms with van der Waals surface area (Å²) in [4.78, 5) is 13.3. The minimum atomic E-state index is -0.323. The number of esters is 1. The van der Waals surface area contributed by atoms with Crippen LogP contribution in [0, 0.1) is 50.2 Å². The molecular weight excluding hydrogens is 420 g/mol. The van der Waals surface area contributed by atoms with Gasteiger partial charge in [0.1, 0.15) is 0 Å². The summed E-state index contributed by atoms with van der Waals surface area (Å²) in [7, 11) is 1.59. The summed E-state index contributed by atoms with van der Waals surface area (Å²) < 4.78 is 5.49. The molecule has 0 saturated heterocycles. The highest BCUT2D eigenvalue weighted by molar-refractivity contribution is 5.78. The molecule has 1 N–H and O–H groups in total. The lowest BCUT2D eigenvalue weighted by molar-refractivity contribution is -0.206. The van der Waals surface area contributed by atoms with Gasteiger partial charge in [-0.05, 0) is 109 Å². The van der Waals surface area contributed by atoms with Crippen LogP contribution >= 0.6 is 0 Å². The summed E-state index contributed by atoms with van der Waals surface area (Å²) in [6.45, 7) is 17.2. The Morgan fingerprint density at radius 3 is 2.26 bits per heavy atom. The Bertz CT molecular complexity index is 900. The first-order valence-electron chi connectivity index (χ1n) is 14.2. The minimum Gasteiger partial charge on any atom is -0.469 e. The van der Waals surface area contributed by atoms with E-state index in [-0.39, 0.29) is 44.6 Å². The fraction of sp³-hybridized carbons (Fsp3) is 0.903. The van der Waals surface area contributed by atoms with Crippen molar-refractivity contribution < 1.29 is 14.6 Å². The third kappa shape index (κ3) is 2.94. The zero-order valence-electron chi connectivity index (χ0n) is 23.2. The molecule has 0 aliphatic heterocycles. The smallest absolute Gasteiger partial charge is 0.312 e. The summed E-state index contributed by atoms with van der Waals surface area (Å²) in [5.41, 5.74) is 2.18. The maximum atomic E-state index is 13.3. The number of aliphatic hydroxyl groups excluding tert-OH is 1. The number of carbonyl (C=O) groups is 1. The zero-order valence-corrected chi connectivity index (χ0v) is 23.2. The summed E-state index contributed by atoms with van der Waals surface area (Å²) in [6.07, 6.45) is 13.4. The Balaban J connectivity index is 1.60. The van der Waals surface area contributed by atoms with Crippen molar-refractivity contribution in [2.75, 3.05) is 7.11 Å². The fourth-order valence-corrected chi connectivity index (χ4v) is 10.8. The summed E-state index contributed by atoms with van der Waals surface area (Å²) >= 11 is 0. The maximum Gasteiger partial charge on any atom is 0.312 e. The van der Waals surface area contributed by atoms with Gasteiger partial charge >= 0.3 is 5.97 Å². The third-order valence-electron chi connectivity index (χ3n) is 13.2. The van der Waals surface area contributed by atoms with Crippen LogP contribution in [0.5, 0.6) is 0 Å². The van der Waals surface area contributed by atoms with E-state index in [4.69, 9.17) is 4.74 Å². The molecule has 0 aromatic rings. The van der Waals surface area contributed by atoms with Crippen molar-refractivity contribution in [3.63, 3.8) is 0 Å². The van der Waals surface area contributed by atoms with Crippen LogP contribution in [0.15, 0.2) is 11.6 Å². The second-order valence-electron chi connectivity index (χ2n) is 15.2. The van der Waals surface area contributed by atoms with Crippen LogP contribution < -0.4 is 0 Å². The predicted octanol–water partition coefficient (Wildman–Crippen LogP) is 7.32. The van der Waals surface area contributed by atoms with Crippen molar-refractivity contribution in [2.24, 2.45) is 50.2 Å². The van der Waals surface area contributed by atoms with Crippen molar-refractivity contribution in [2.45, 2.75) is 119 Å². The molecule has 0 aromatic heterocycles. The topological polar surface area (TPSA) is 46.5 Å². The predicted molar refractivity (Wildman–Crippen MR) is 137 cm³/mol. The Morgan fingerprint density at radius 2 is 1.59 bits per heavy atom. The SMILES string of the molecule is COC(=O)[C@]12CCC(C)(C)CC1C1=CCC3[C@@]4(C)CCC(O)C(C)(C)C4CC[C@@]3(C)[C@]1(C)CC2. The number of hydrogen-bond acceptors (Lipinski definition) is 3. The van der Waals surface area contributed by atoms with Crippen LogP contribution in [-0.2, 0) is 9.53 Å². The quantitative estimate of drug-likeness (QED) is 0.322. The zero-order chi connectivity index (χ0) is 24.9. The Labute approximate surface area is 208 Å². The first-order valence-corrected chi connectivity index (χ1v) is 14.2. The maximum absolute atomic E-state index is 13.3. The lowest BCUT2D eigenvalue weighted by atomic mass is 9.33. The molecule has 4 saturated carbocycles. The van der Waals surface area contributed by atoms with Gasteiger partial charge in [-0.3, -0.25) is 4.79 Å². The monoisotopic (exact) mass is 470 g/mol. The number of allylic oxidation sites excluding steroid dienone is 2. The van der Waals surface area contributed by atoms with E-state index in [0.717, 1.165) is 51.4 Å². The lowest BCUT2D eigenvalue weighted by Gasteiger charge is -2.71. The van der Waals surface area contributed by atoms with Crippen molar-refractivity contribution in [3.8, 4) is 0 Å². The van der Waals surface area contributed by atoms with Gasteiger partial charge in [0, 0.05) is 0 Å². The Kier molecular flexibility index (Phi) is 5.38. The first kappa shape index (κ1) is 24.8. The molecule has 0 heterocycles. The average Bonchev–Trinajstić information content (AvgIpc) is 2.76. The van der Waals surface area contributed by atoms with Crippen molar-refractivity contribution in [1.82, 2.24) is 0 Å². The highest BCUT2D eigenvalue weighted by Gasteiger charge is 2.69. The van der Waals surface area contributed by atoms with Crippen LogP contribution in [0.4, 0.5) is 0 Å². The number of methoxy groups -OCH3 is 1. The van der Waals surface area contributed by atoms with Gasteiger partial charge in [-0.25, -0.2) is 0 Å². The Hall–Kier alpha value is -0.830. The molecule has 5 aliphatic rings. The van der Waals surface area contributed by atoms with Gasteiger partial charge in [-0.2, -0.15) is 0 Å². The highest BCUT2D eigenvalue weighted by atomic mass is 16.5. The molecule has 0 spiro atoms. The number of rotatable bonds is 1. The number of ether oxygens (including phenoxy) is 1. The van der Waals surface area contributed by atoms with E-state index >= 15 is 0 Å². The van der Waals surface area contributed by atoms with Crippen LogP contribution in [0.1, 0.15) is 113 Å². The molecule has 0 amide bonds. The number of hydrogen-bond donors (Lipinski definition) is 1. The molecular formula is C31H50O3. The van der Waals surface area contributed by atoms with E-state index in [2.05, 4.69) is 54.5 Å². The summed E-state index contributed by atoms with van der Waals surface area (Å²) in [5, 5.41) is 10.9. The molecule has 3 heteroatoms. The Morgan fingerprint density at radius 1 is 0.912 bits per heavy atom. The van der Waals surface area contributed by atoms with Gasteiger partial charge in [-0.1, -0.05) is 60.1 Å². The van der Waals surface area contributed by atoms with E-state index < -0.39 is 0 Å². The summed E-state index contributed by atoms with van der Waals surface area (Å²) in [5.74, 6) is 1.57. The van der Waals surface area contributed by atoms with Gasteiger partial charge in [0.25, 0.3) is 0 Å². The second-order valence-corrected chi connectivity index (χ2v) is 15.2. The van der Waals surface area contributed by atoms with Gasteiger partial charge in [0.05, 0.1) is 18.6 Å². The third-order valence-corrected chi connectivity index (χ3v) is 13.2. The van der Waals surface area contributed by atoms with Crippen LogP contribution in [-0.4, -0.2) is 24.3 Å². The van der Waals surface area contributed by atoms with Crippen LogP contribution in [0.3, 0.4) is 0 Å². The van der Waals surface area contributed by atoms with Gasteiger partial charge in [0.2, 0.25) is 0 Å². The second kappa shape index (κ2) is 7.36. The number of carbonyl (C=O) groups excluding carboxylic acids is 1. The lowest BCUT2D eigenvalue weighted by Crippen LogP contribution is -2.65. The van der Waals surface area contributed by atoms with Gasteiger partial charge in [0.15, 0.2) is 0 Å². The molecule has 4 fully saturated rings. The first-order chi connectivity index (χ1) is 15.7. The molecule has 5 rings (SSSR count). The number of aliphatic hydroxyl groups is 1. The van der Waals surface area contributed by atoms with Gasteiger partial charge in [-0.15, -0.1) is 0 Å². The van der Waals surface area contributed by atoms with E-state index in [1.165, 1.54) is 12.8 Å². The van der Waals surface area contributed by atoms with E-state index in [1.807, 2.05) is 0 Å². The normalized spacial score (nSPS) is 51.1. The largest absolute Gasteiger partial charge is 0.469 e. The molecule has 4 unspecified atom stereocenters. The average molecular weight is 471 g/mol. The van der Waals surface area contributed by atoms with Crippen molar-refractivity contribution in [1.29, 1.82) is 0 Å². The minimum absolute atomic E-state index is 0.0147. The van der Waals surface area contributed by atoms with E-state index in [1.54, 1.807) is 12.7 Å². The molecule has 3 nitrogen and oxygen atoms in total. The molecule has 0 bridgehead atoms. The highest BCUT2D eigenvalue weighted by Crippen LogP contribution is 2.75. The molecule has 192 valence electrons. The fourth-order valence-electron chi connectivity index (χ4n) is 10.8. The van der Waals surface area contributed by atoms with Gasteiger partial charge < -0.3 is 9.84 Å². The van der Waals surface area contributed by atoms with E-state index in [0.29, 0.717) is 17.8 Å². The molecule has 0 aromatic carbocycles. The molecule has 8 atom stereocenters. The van der Waals surface area contributed by atoms with Crippen molar-refractivity contribution >= 4 is 5.97 Å². The van der Waals surface area contributed by atoms with Crippen LogP contribution in [0.2, 0.25) is 0 Å².